The molecule has 2 aliphatic heterocycles. The molecule has 5 nitrogen and oxygen atoms in total. The Morgan fingerprint density at radius 2 is 2.19 bits per heavy atom. The van der Waals surface area contributed by atoms with E-state index in [1.807, 2.05) is 29.2 Å². The third-order valence-corrected chi connectivity index (χ3v) is 7.80. The largest absolute Gasteiger partial charge is 0.293 e. The van der Waals surface area contributed by atoms with Crippen molar-refractivity contribution in [1.82, 2.24) is 19.7 Å². The minimum Gasteiger partial charge on any atom is -0.293 e. The zero-order chi connectivity index (χ0) is 17.5. The van der Waals surface area contributed by atoms with Crippen molar-refractivity contribution in [3.05, 3.63) is 43.8 Å². The average molecular weight is 389 g/mol. The fourth-order valence-corrected chi connectivity index (χ4v) is 6.07. The Morgan fingerprint density at radius 1 is 1.27 bits per heavy atom. The lowest BCUT2D eigenvalue weighted by atomic mass is 10.2. The molecule has 3 aliphatic rings. The molecule has 1 aliphatic carbocycles. The molecule has 0 radical (unpaired) electrons. The lowest BCUT2D eigenvalue weighted by molar-refractivity contribution is 0.218. The van der Waals surface area contributed by atoms with Crippen LogP contribution in [0.5, 0.6) is 0 Å². The van der Waals surface area contributed by atoms with Crippen LogP contribution >= 0.6 is 23.1 Å². The van der Waals surface area contributed by atoms with E-state index in [1.54, 1.807) is 4.68 Å². The number of likely N-dealkylation sites (tertiary alicyclic amines) is 1. The van der Waals surface area contributed by atoms with Crippen molar-refractivity contribution in [2.75, 3.05) is 12.3 Å². The summed E-state index contributed by atoms with van der Waals surface area (Å²) in [6.07, 6.45) is 8.02. The summed E-state index contributed by atoms with van der Waals surface area (Å²) in [6, 6.07) is 2.22. The van der Waals surface area contributed by atoms with E-state index in [-0.39, 0.29) is 5.56 Å². The molecule has 4 heterocycles. The summed E-state index contributed by atoms with van der Waals surface area (Å²) >= 11 is 3.78. The molecule has 138 valence electrons. The molecule has 1 atom stereocenters. The van der Waals surface area contributed by atoms with Gasteiger partial charge in [-0.3, -0.25) is 9.69 Å². The molecule has 2 aromatic rings. The van der Waals surface area contributed by atoms with Gasteiger partial charge in [-0.25, -0.2) is 9.67 Å². The molecule has 2 aromatic heterocycles. The maximum Gasteiger partial charge on any atom is 0.267 e. The van der Waals surface area contributed by atoms with Gasteiger partial charge in [0.15, 0.2) is 0 Å². The zero-order valence-electron chi connectivity index (χ0n) is 14.9. The lowest BCUT2D eigenvalue weighted by Gasteiger charge is -2.24. The predicted molar refractivity (Wildman–Crippen MR) is 106 cm³/mol. The minimum absolute atomic E-state index is 0.0620. The van der Waals surface area contributed by atoms with Gasteiger partial charge in [0.1, 0.15) is 0 Å². The Morgan fingerprint density at radius 3 is 3.08 bits per heavy atom. The molecule has 7 heteroatoms. The van der Waals surface area contributed by atoms with Crippen LogP contribution in [0, 0.1) is 0 Å². The molecular formula is C19H24N4OS2. The van der Waals surface area contributed by atoms with Gasteiger partial charge in [0.25, 0.3) is 5.56 Å². The van der Waals surface area contributed by atoms with E-state index < -0.39 is 0 Å². The van der Waals surface area contributed by atoms with Crippen molar-refractivity contribution in [2.45, 2.75) is 62.9 Å². The smallest absolute Gasteiger partial charge is 0.267 e. The molecule has 5 rings (SSSR count). The first-order valence-corrected chi connectivity index (χ1v) is 11.6. The molecule has 26 heavy (non-hydrogen) atoms. The number of rotatable bonds is 5. The molecular weight excluding hydrogens is 364 g/mol. The third-order valence-electron chi connectivity index (χ3n) is 5.64. The molecule has 0 bridgehead atoms. The van der Waals surface area contributed by atoms with Crippen LogP contribution in [0.2, 0.25) is 0 Å². The van der Waals surface area contributed by atoms with E-state index in [9.17, 15) is 4.79 Å². The lowest BCUT2D eigenvalue weighted by Crippen LogP contribution is -2.37. The number of aryl methyl sites for hydroxylation is 1. The maximum atomic E-state index is 12.5. The minimum atomic E-state index is 0.0620. The van der Waals surface area contributed by atoms with Gasteiger partial charge in [0.05, 0.1) is 17.2 Å². The highest BCUT2D eigenvalue weighted by Gasteiger charge is 2.29. The van der Waals surface area contributed by atoms with Crippen LogP contribution < -0.4 is 5.56 Å². The summed E-state index contributed by atoms with van der Waals surface area (Å²) in [7, 11) is 0. The number of hydrogen-bond acceptors (Lipinski definition) is 6. The van der Waals surface area contributed by atoms with E-state index in [1.165, 1.54) is 29.1 Å². The van der Waals surface area contributed by atoms with Gasteiger partial charge in [-0.15, -0.1) is 11.3 Å². The Labute approximate surface area is 161 Å². The summed E-state index contributed by atoms with van der Waals surface area (Å²) in [5.41, 5.74) is 2.33. The maximum absolute atomic E-state index is 12.5. The summed E-state index contributed by atoms with van der Waals surface area (Å²) in [6.45, 7) is 2.79. The molecule has 2 fully saturated rings. The second-order valence-electron chi connectivity index (χ2n) is 7.64. The summed E-state index contributed by atoms with van der Waals surface area (Å²) in [4.78, 5) is 21.0. The normalized spacial score (nSPS) is 23.3. The Kier molecular flexibility index (Phi) is 4.63. The van der Waals surface area contributed by atoms with Gasteiger partial charge < -0.3 is 0 Å². The van der Waals surface area contributed by atoms with Gasteiger partial charge in [-0.2, -0.15) is 16.9 Å². The fraction of sp³-hybridized carbons (Fsp3) is 0.632. The first-order chi connectivity index (χ1) is 12.8. The van der Waals surface area contributed by atoms with E-state index >= 15 is 0 Å². The molecule has 0 N–H and O–H groups in total. The van der Waals surface area contributed by atoms with Crippen LogP contribution in [0.25, 0.3) is 0 Å². The van der Waals surface area contributed by atoms with Crippen molar-refractivity contribution in [3.63, 3.8) is 0 Å². The Hall–Kier alpha value is -1.18. The Balaban J connectivity index is 1.30. The zero-order valence-corrected chi connectivity index (χ0v) is 16.5. The van der Waals surface area contributed by atoms with Gasteiger partial charge in [0, 0.05) is 47.8 Å². The Bertz CT molecular complexity index is 857. The number of aromatic nitrogens is 3. The molecule has 1 saturated heterocycles. The van der Waals surface area contributed by atoms with Crippen LogP contribution in [-0.2, 0) is 25.3 Å². The monoisotopic (exact) mass is 388 g/mol. The van der Waals surface area contributed by atoms with Crippen LogP contribution in [0.3, 0.4) is 0 Å². The van der Waals surface area contributed by atoms with E-state index in [0.29, 0.717) is 12.6 Å². The second kappa shape index (κ2) is 7.09. The van der Waals surface area contributed by atoms with E-state index in [4.69, 9.17) is 5.10 Å². The quantitative estimate of drug-likeness (QED) is 0.788. The average Bonchev–Trinajstić information content (AvgIpc) is 3.24. The topological polar surface area (TPSA) is 51.0 Å². The van der Waals surface area contributed by atoms with Crippen molar-refractivity contribution in [1.29, 1.82) is 0 Å². The fourth-order valence-electron chi connectivity index (χ4n) is 4.01. The van der Waals surface area contributed by atoms with E-state index in [0.717, 1.165) is 54.6 Å². The first kappa shape index (κ1) is 17.0. The molecule has 0 aromatic carbocycles. The number of thioether (sulfide) groups is 1. The molecule has 1 unspecified atom stereocenters. The summed E-state index contributed by atoms with van der Waals surface area (Å²) in [5, 5.41) is 6.03. The van der Waals surface area contributed by atoms with Crippen molar-refractivity contribution < 1.29 is 0 Å². The standard InChI is InChI=1S/C19H24N4OS2/c24-18-8-14-12-25-7-5-17(14)21-23(18)10-15-2-1-6-22(15)11-16-9-20-19(26-16)13-3-4-13/h8-9,13,15H,1-7,10-12H2. The highest BCUT2D eigenvalue weighted by Crippen LogP contribution is 2.42. The highest BCUT2D eigenvalue weighted by atomic mass is 32.2. The number of hydrogen-bond donors (Lipinski definition) is 0. The summed E-state index contributed by atoms with van der Waals surface area (Å²) in [5.74, 6) is 2.78. The third kappa shape index (κ3) is 3.49. The number of thiazole rings is 1. The second-order valence-corrected chi connectivity index (χ2v) is 9.90. The molecule has 1 saturated carbocycles. The van der Waals surface area contributed by atoms with Crippen molar-refractivity contribution >= 4 is 23.1 Å². The van der Waals surface area contributed by atoms with Crippen molar-refractivity contribution in [2.24, 2.45) is 0 Å². The molecule has 0 amide bonds. The van der Waals surface area contributed by atoms with Gasteiger partial charge >= 0.3 is 0 Å². The van der Waals surface area contributed by atoms with Gasteiger partial charge in [0.2, 0.25) is 0 Å². The van der Waals surface area contributed by atoms with Gasteiger partial charge in [-0.1, -0.05) is 0 Å². The number of fused-ring (bicyclic) bond motifs is 1. The van der Waals surface area contributed by atoms with E-state index in [2.05, 4.69) is 16.1 Å². The predicted octanol–water partition coefficient (Wildman–Crippen LogP) is 3.03. The van der Waals surface area contributed by atoms with Crippen LogP contribution in [0.15, 0.2) is 17.1 Å². The summed E-state index contributed by atoms with van der Waals surface area (Å²) < 4.78 is 1.72. The van der Waals surface area contributed by atoms with Crippen LogP contribution in [0.4, 0.5) is 0 Å². The van der Waals surface area contributed by atoms with Gasteiger partial charge in [-0.05, 0) is 43.5 Å². The van der Waals surface area contributed by atoms with Crippen molar-refractivity contribution in [3.8, 4) is 0 Å². The van der Waals surface area contributed by atoms with Crippen LogP contribution in [-0.4, -0.2) is 38.0 Å². The number of nitrogens with zero attached hydrogens (tertiary/aromatic N) is 4. The first-order valence-electron chi connectivity index (χ1n) is 9.62. The van der Waals surface area contributed by atoms with Crippen LogP contribution in [0.1, 0.15) is 52.7 Å². The SMILES string of the molecule is O=c1cc2c(nn1CC1CCCN1Cc1cnc(C3CC3)s1)CCSC2. The highest BCUT2D eigenvalue weighted by molar-refractivity contribution is 7.98. The molecule has 0 spiro atoms.